The molecule has 0 radical (unpaired) electrons. The van der Waals surface area contributed by atoms with Gasteiger partial charge in [-0.2, -0.15) is 0 Å². The minimum atomic E-state index is -0.285. The molecule has 0 amide bonds. The zero-order valence-electron chi connectivity index (χ0n) is 11.7. The third-order valence-electron chi connectivity index (χ3n) is 4.94. The Kier molecular flexibility index (Phi) is 4.19. The van der Waals surface area contributed by atoms with Crippen molar-refractivity contribution in [2.75, 3.05) is 13.1 Å². The van der Waals surface area contributed by atoms with Gasteiger partial charge >= 0.3 is 0 Å². The van der Waals surface area contributed by atoms with E-state index in [1.54, 1.807) is 0 Å². The van der Waals surface area contributed by atoms with Gasteiger partial charge in [-0.1, -0.05) is 43.2 Å². The molecule has 0 aromatic heterocycles. The molecule has 3 rings (SSSR count). The quantitative estimate of drug-likeness (QED) is 0.899. The van der Waals surface area contributed by atoms with Crippen molar-refractivity contribution in [2.45, 2.75) is 50.7 Å². The maximum atomic E-state index is 10.7. The monoisotopic (exact) mass is 259 g/mol. The third kappa shape index (κ3) is 2.85. The molecular weight excluding hydrogens is 234 g/mol. The largest absolute Gasteiger partial charge is 0.388 e. The molecule has 0 spiro atoms. The summed E-state index contributed by atoms with van der Waals surface area (Å²) in [6.45, 7) is 2.48. The molecule has 1 aliphatic carbocycles. The van der Waals surface area contributed by atoms with Crippen molar-refractivity contribution in [3.63, 3.8) is 0 Å². The van der Waals surface area contributed by atoms with Crippen LogP contribution in [0.25, 0.3) is 0 Å². The van der Waals surface area contributed by atoms with Gasteiger partial charge in [0.2, 0.25) is 0 Å². The topological polar surface area (TPSA) is 23.5 Å². The van der Waals surface area contributed by atoms with Crippen LogP contribution < -0.4 is 0 Å². The van der Waals surface area contributed by atoms with Crippen LogP contribution in [-0.2, 0) is 0 Å². The van der Waals surface area contributed by atoms with Crippen molar-refractivity contribution in [3.8, 4) is 0 Å². The van der Waals surface area contributed by atoms with Crippen LogP contribution in [0.2, 0.25) is 0 Å². The first-order valence-electron chi connectivity index (χ1n) is 7.83. The highest BCUT2D eigenvalue weighted by atomic mass is 16.3. The lowest BCUT2D eigenvalue weighted by Gasteiger charge is -2.40. The zero-order valence-corrected chi connectivity index (χ0v) is 11.7. The van der Waals surface area contributed by atoms with E-state index in [4.69, 9.17) is 0 Å². The lowest BCUT2D eigenvalue weighted by atomic mass is 9.78. The van der Waals surface area contributed by atoms with Gasteiger partial charge in [-0.25, -0.2) is 0 Å². The molecule has 1 saturated heterocycles. The molecular formula is C17H25NO. The van der Waals surface area contributed by atoms with Crippen LogP contribution in [0.1, 0.15) is 50.2 Å². The van der Waals surface area contributed by atoms with Gasteiger partial charge in [0, 0.05) is 12.0 Å². The number of benzene rings is 1. The Labute approximate surface area is 116 Å². The van der Waals surface area contributed by atoms with Crippen LogP contribution in [0.5, 0.6) is 0 Å². The van der Waals surface area contributed by atoms with E-state index in [0.717, 1.165) is 5.56 Å². The van der Waals surface area contributed by atoms with E-state index in [-0.39, 0.29) is 6.10 Å². The van der Waals surface area contributed by atoms with E-state index in [9.17, 15) is 5.11 Å². The minimum absolute atomic E-state index is 0.285. The molecule has 1 aliphatic heterocycles. The molecule has 19 heavy (non-hydrogen) atoms. The number of aliphatic hydroxyl groups is 1. The van der Waals surface area contributed by atoms with Gasteiger partial charge in [0.05, 0.1) is 6.10 Å². The van der Waals surface area contributed by atoms with Crippen molar-refractivity contribution in [2.24, 2.45) is 5.92 Å². The van der Waals surface area contributed by atoms with Gasteiger partial charge in [-0.05, 0) is 44.3 Å². The Morgan fingerprint density at radius 2 is 1.63 bits per heavy atom. The molecule has 1 aromatic carbocycles. The van der Waals surface area contributed by atoms with Crippen molar-refractivity contribution in [1.29, 1.82) is 0 Å². The standard InChI is InChI=1S/C17H25NO/c19-17(14-8-2-1-3-9-14)15-10-4-5-11-16(15)18-12-6-7-13-18/h1-3,8-9,15-17,19H,4-7,10-13H2/t15-,16+,17+/m0/s1. The fraction of sp³-hybridized carbons (Fsp3) is 0.647. The lowest BCUT2D eigenvalue weighted by Crippen LogP contribution is -2.43. The van der Waals surface area contributed by atoms with E-state index in [0.29, 0.717) is 12.0 Å². The summed E-state index contributed by atoms with van der Waals surface area (Å²) in [6, 6.07) is 10.8. The lowest BCUT2D eigenvalue weighted by molar-refractivity contribution is 0.0195. The molecule has 1 aromatic rings. The van der Waals surface area contributed by atoms with Gasteiger partial charge in [-0.15, -0.1) is 0 Å². The number of hydrogen-bond acceptors (Lipinski definition) is 2. The van der Waals surface area contributed by atoms with Crippen LogP contribution in [0.4, 0.5) is 0 Å². The number of rotatable bonds is 3. The molecule has 1 N–H and O–H groups in total. The van der Waals surface area contributed by atoms with E-state index in [2.05, 4.69) is 17.0 Å². The average Bonchev–Trinajstić information content (AvgIpc) is 3.01. The predicted molar refractivity (Wildman–Crippen MR) is 78.0 cm³/mol. The molecule has 2 fully saturated rings. The van der Waals surface area contributed by atoms with Crippen LogP contribution in [0.15, 0.2) is 30.3 Å². The van der Waals surface area contributed by atoms with Crippen LogP contribution in [0.3, 0.4) is 0 Å². The first kappa shape index (κ1) is 13.1. The maximum Gasteiger partial charge on any atom is 0.0833 e. The Hall–Kier alpha value is -0.860. The molecule has 2 heteroatoms. The van der Waals surface area contributed by atoms with Crippen LogP contribution >= 0.6 is 0 Å². The second-order valence-electron chi connectivity index (χ2n) is 6.11. The SMILES string of the molecule is O[C@H](c1ccccc1)[C@H]1CCCC[C@H]1N1CCCC1. The minimum Gasteiger partial charge on any atom is -0.388 e. The summed E-state index contributed by atoms with van der Waals surface area (Å²) in [5.74, 6) is 0.425. The number of likely N-dealkylation sites (tertiary alicyclic amines) is 1. The summed E-state index contributed by atoms with van der Waals surface area (Å²) in [7, 11) is 0. The summed E-state index contributed by atoms with van der Waals surface area (Å²) in [6.07, 6.45) is 7.45. The van der Waals surface area contributed by atoms with Gasteiger partial charge in [-0.3, -0.25) is 0 Å². The molecule has 1 saturated carbocycles. The van der Waals surface area contributed by atoms with Crippen molar-refractivity contribution >= 4 is 0 Å². The van der Waals surface area contributed by atoms with E-state index >= 15 is 0 Å². The first-order valence-corrected chi connectivity index (χ1v) is 7.83. The highest BCUT2D eigenvalue weighted by Crippen LogP contribution is 2.38. The highest BCUT2D eigenvalue weighted by molar-refractivity contribution is 5.18. The first-order chi connectivity index (χ1) is 9.36. The van der Waals surface area contributed by atoms with Gasteiger partial charge in [0.1, 0.15) is 0 Å². The molecule has 2 aliphatic rings. The second kappa shape index (κ2) is 6.06. The normalized spacial score (nSPS) is 30.4. The average molecular weight is 259 g/mol. The predicted octanol–water partition coefficient (Wildman–Crippen LogP) is 3.37. The summed E-state index contributed by atoms with van der Waals surface area (Å²) in [5, 5.41) is 10.7. The Bertz CT molecular complexity index is 386. The van der Waals surface area contributed by atoms with Crippen molar-refractivity contribution < 1.29 is 5.11 Å². The van der Waals surface area contributed by atoms with Crippen LogP contribution in [0, 0.1) is 5.92 Å². The Morgan fingerprint density at radius 3 is 2.37 bits per heavy atom. The number of aliphatic hydroxyl groups excluding tert-OH is 1. The molecule has 2 nitrogen and oxygen atoms in total. The van der Waals surface area contributed by atoms with Crippen LogP contribution in [-0.4, -0.2) is 29.1 Å². The summed E-state index contributed by atoms with van der Waals surface area (Å²) < 4.78 is 0. The summed E-state index contributed by atoms with van der Waals surface area (Å²) in [5.41, 5.74) is 1.10. The van der Waals surface area contributed by atoms with Crippen molar-refractivity contribution in [3.05, 3.63) is 35.9 Å². The molecule has 104 valence electrons. The van der Waals surface area contributed by atoms with E-state index < -0.39 is 0 Å². The Morgan fingerprint density at radius 1 is 0.947 bits per heavy atom. The van der Waals surface area contributed by atoms with Crippen molar-refractivity contribution in [1.82, 2.24) is 4.90 Å². The fourth-order valence-electron chi connectivity index (χ4n) is 3.93. The Balaban J connectivity index is 1.76. The number of nitrogens with zero attached hydrogens (tertiary/aromatic N) is 1. The molecule has 0 unspecified atom stereocenters. The maximum absolute atomic E-state index is 10.7. The molecule has 0 bridgehead atoms. The van der Waals surface area contributed by atoms with E-state index in [1.165, 1.54) is 51.6 Å². The van der Waals surface area contributed by atoms with E-state index in [1.807, 2.05) is 18.2 Å². The zero-order chi connectivity index (χ0) is 13.1. The smallest absolute Gasteiger partial charge is 0.0833 e. The number of hydrogen-bond donors (Lipinski definition) is 1. The van der Waals surface area contributed by atoms with Gasteiger partial charge < -0.3 is 10.0 Å². The third-order valence-corrected chi connectivity index (χ3v) is 4.94. The molecule has 3 atom stereocenters. The summed E-state index contributed by atoms with van der Waals surface area (Å²) in [4.78, 5) is 2.63. The fourth-order valence-corrected chi connectivity index (χ4v) is 3.93. The molecule has 1 heterocycles. The highest BCUT2D eigenvalue weighted by Gasteiger charge is 2.35. The van der Waals surface area contributed by atoms with Gasteiger partial charge in [0.25, 0.3) is 0 Å². The second-order valence-corrected chi connectivity index (χ2v) is 6.11. The van der Waals surface area contributed by atoms with Gasteiger partial charge in [0.15, 0.2) is 0 Å². The summed E-state index contributed by atoms with van der Waals surface area (Å²) >= 11 is 0.